The van der Waals surface area contributed by atoms with Crippen LogP contribution in [0.3, 0.4) is 0 Å². The maximum atomic E-state index is 10.5. The monoisotopic (exact) mass is 195 g/mol. The summed E-state index contributed by atoms with van der Waals surface area (Å²) in [7, 11) is 0. The SMILES string of the molecule is O=C(O)c1ccc(-c2ncns2)[nH]1. The lowest BCUT2D eigenvalue weighted by molar-refractivity contribution is 0.0691. The molecule has 0 aliphatic carbocycles. The Morgan fingerprint density at radius 1 is 1.54 bits per heavy atom. The number of hydrogen-bond acceptors (Lipinski definition) is 4. The fourth-order valence-electron chi connectivity index (χ4n) is 0.936. The number of carbonyl (C=O) groups is 1. The summed E-state index contributed by atoms with van der Waals surface area (Å²) in [5, 5.41) is 9.32. The highest BCUT2D eigenvalue weighted by molar-refractivity contribution is 7.09. The van der Waals surface area contributed by atoms with E-state index in [2.05, 4.69) is 14.3 Å². The van der Waals surface area contributed by atoms with Crippen LogP contribution >= 0.6 is 11.5 Å². The molecule has 0 bridgehead atoms. The van der Waals surface area contributed by atoms with E-state index in [4.69, 9.17) is 5.11 Å². The third-order valence-electron chi connectivity index (χ3n) is 1.51. The number of aromatic amines is 1. The Kier molecular flexibility index (Phi) is 1.82. The Hall–Kier alpha value is -1.69. The highest BCUT2D eigenvalue weighted by Crippen LogP contribution is 2.18. The first-order valence-corrected chi connectivity index (χ1v) is 4.24. The van der Waals surface area contributed by atoms with E-state index in [0.29, 0.717) is 10.7 Å². The highest BCUT2D eigenvalue weighted by atomic mass is 32.1. The van der Waals surface area contributed by atoms with E-state index in [1.165, 1.54) is 23.9 Å². The topological polar surface area (TPSA) is 78.9 Å². The molecular weight excluding hydrogens is 190 g/mol. The van der Waals surface area contributed by atoms with Gasteiger partial charge >= 0.3 is 5.97 Å². The predicted molar refractivity (Wildman–Crippen MR) is 46.7 cm³/mol. The smallest absolute Gasteiger partial charge is 0.352 e. The molecule has 2 heterocycles. The van der Waals surface area contributed by atoms with Crippen molar-refractivity contribution in [1.82, 2.24) is 14.3 Å². The lowest BCUT2D eigenvalue weighted by Gasteiger charge is -1.87. The second-order valence-corrected chi connectivity index (χ2v) is 3.12. The Morgan fingerprint density at radius 3 is 2.92 bits per heavy atom. The van der Waals surface area contributed by atoms with Crippen molar-refractivity contribution in [3.63, 3.8) is 0 Å². The molecule has 0 saturated heterocycles. The number of nitrogens with zero attached hydrogens (tertiary/aromatic N) is 2. The zero-order valence-electron chi connectivity index (χ0n) is 6.39. The third-order valence-corrected chi connectivity index (χ3v) is 2.21. The minimum atomic E-state index is -0.976. The molecule has 0 radical (unpaired) electrons. The number of aromatic nitrogens is 3. The van der Waals surface area contributed by atoms with Gasteiger partial charge in [0.05, 0.1) is 5.69 Å². The molecule has 0 saturated carbocycles. The van der Waals surface area contributed by atoms with Gasteiger partial charge in [-0.15, -0.1) is 0 Å². The Balaban J connectivity index is 2.39. The van der Waals surface area contributed by atoms with Gasteiger partial charge in [0.2, 0.25) is 0 Å². The molecule has 2 aromatic rings. The van der Waals surface area contributed by atoms with E-state index >= 15 is 0 Å². The largest absolute Gasteiger partial charge is 0.477 e. The minimum Gasteiger partial charge on any atom is -0.477 e. The molecule has 0 aliphatic heterocycles. The van der Waals surface area contributed by atoms with Crippen LogP contribution in [-0.4, -0.2) is 25.4 Å². The molecule has 0 atom stereocenters. The molecule has 0 amide bonds. The van der Waals surface area contributed by atoms with Gasteiger partial charge in [-0.2, -0.15) is 4.37 Å². The quantitative estimate of drug-likeness (QED) is 0.755. The molecule has 0 unspecified atom stereocenters. The van der Waals surface area contributed by atoms with Crippen molar-refractivity contribution in [2.45, 2.75) is 0 Å². The highest BCUT2D eigenvalue weighted by Gasteiger charge is 2.08. The summed E-state index contributed by atoms with van der Waals surface area (Å²) in [6.07, 6.45) is 1.43. The lowest BCUT2D eigenvalue weighted by atomic mass is 10.4. The number of H-pyrrole nitrogens is 1. The van der Waals surface area contributed by atoms with Gasteiger partial charge in [-0.05, 0) is 23.7 Å². The zero-order valence-corrected chi connectivity index (χ0v) is 7.21. The van der Waals surface area contributed by atoms with Crippen LogP contribution in [0, 0.1) is 0 Å². The molecule has 66 valence electrons. The molecule has 13 heavy (non-hydrogen) atoms. The first-order chi connectivity index (χ1) is 6.27. The van der Waals surface area contributed by atoms with E-state index in [0.717, 1.165) is 0 Å². The fourth-order valence-corrected chi connectivity index (χ4v) is 1.44. The van der Waals surface area contributed by atoms with Crippen molar-refractivity contribution in [2.75, 3.05) is 0 Å². The summed E-state index contributed by atoms with van der Waals surface area (Å²) in [6, 6.07) is 3.17. The molecule has 2 aromatic heterocycles. The van der Waals surface area contributed by atoms with E-state index < -0.39 is 5.97 Å². The van der Waals surface area contributed by atoms with Crippen LogP contribution in [0.25, 0.3) is 10.7 Å². The molecule has 6 heteroatoms. The summed E-state index contributed by atoms with van der Waals surface area (Å²) in [5.41, 5.74) is 0.838. The van der Waals surface area contributed by atoms with Crippen LogP contribution in [0.1, 0.15) is 10.5 Å². The maximum absolute atomic E-state index is 10.5. The molecule has 2 rings (SSSR count). The number of hydrogen-bond donors (Lipinski definition) is 2. The Morgan fingerprint density at radius 2 is 2.38 bits per heavy atom. The van der Waals surface area contributed by atoms with E-state index in [1.807, 2.05) is 0 Å². The second kappa shape index (κ2) is 2.98. The van der Waals surface area contributed by atoms with E-state index in [1.54, 1.807) is 6.07 Å². The van der Waals surface area contributed by atoms with Crippen molar-refractivity contribution in [3.05, 3.63) is 24.2 Å². The number of carboxylic acids is 1. The van der Waals surface area contributed by atoms with Crippen LogP contribution < -0.4 is 0 Å². The van der Waals surface area contributed by atoms with E-state index in [9.17, 15) is 4.79 Å². The minimum absolute atomic E-state index is 0.158. The first-order valence-electron chi connectivity index (χ1n) is 3.47. The van der Waals surface area contributed by atoms with Gasteiger partial charge in [0, 0.05) is 0 Å². The molecule has 0 spiro atoms. The predicted octanol–water partition coefficient (Wildman–Crippen LogP) is 1.23. The summed E-state index contributed by atoms with van der Waals surface area (Å²) in [5.74, 6) is -0.976. The van der Waals surface area contributed by atoms with Gasteiger partial charge in [-0.25, -0.2) is 9.78 Å². The van der Waals surface area contributed by atoms with Crippen LogP contribution in [0.4, 0.5) is 0 Å². The number of carboxylic acid groups (broad SMARTS) is 1. The van der Waals surface area contributed by atoms with Gasteiger partial charge in [0.25, 0.3) is 0 Å². The van der Waals surface area contributed by atoms with Gasteiger partial charge < -0.3 is 10.1 Å². The normalized spacial score (nSPS) is 10.2. The van der Waals surface area contributed by atoms with Gasteiger partial charge in [0.15, 0.2) is 5.01 Å². The van der Waals surface area contributed by atoms with Crippen LogP contribution in [0.15, 0.2) is 18.5 Å². The van der Waals surface area contributed by atoms with E-state index in [-0.39, 0.29) is 5.69 Å². The van der Waals surface area contributed by atoms with Gasteiger partial charge in [0.1, 0.15) is 12.0 Å². The van der Waals surface area contributed by atoms with Crippen molar-refractivity contribution >= 4 is 17.5 Å². The average molecular weight is 195 g/mol. The summed E-state index contributed by atoms with van der Waals surface area (Å²) < 4.78 is 3.82. The Labute approximate surface area is 77.2 Å². The van der Waals surface area contributed by atoms with Gasteiger partial charge in [-0.3, -0.25) is 0 Å². The third kappa shape index (κ3) is 1.43. The van der Waals surface area contributed by atoms with Crippen LogP contribution in [0.2, 0.25) is 0 Å². The van der Waals surface area contributed by atoms with Crippen LogP contribution in [0.5, 0.6) is 0 Å². The van der Waals surface area contributed by atoms with Crippen molar-refractivity contribution < 1.29 is 9.90 Å². The molecule has 2 N–H and O–H groups in total. The molecule has 5 nitrogen and oxygen atoms in total. The fraction of sp³-hybridized carbons (Fsp3) is 0. The molecular formula is C7H5N3O2S. The molecule has 0 aromatic carbocycles. The van der Waals surface area contributed by atoms with Crippen molar-refractivity contribution in [2.24, 2.45) is 0 Å². The number of aromatic carboxylic acids is 1. The maximum Gasteiger partial charge on any atom is 0.352 e. The summed E-state index contributed by atoms with van der Waals surface area (Å²) in [6.45, 7) is 0. The molecule has 0 fully saturated rings. The summed E-state index contributed by atoms with van der Waals surface area (Å²) >= 11 is 1.22. The average Bonchev–Trinajstić information content (AvgIpc) is 2.75. The number of nitrogens with one attached hydrogen (secondary N) is 1. The summed E-state index contributed by atoms with van der Waals surface area (Å²) in [4.78, 5) is 17.2. The van der Waals surface area contributed by atoms with Gasteiger partial charge in [-0.1, -0.05) is 0 Å². The Bertz CT molecular complexity index is 421. The molecule has 0 aliphatic rings. The number of rotatable bonds is 2. The van der Waals surface area contributed by atoms with Crippen LogP contribution in [-0.2, 0) is 0 Å². The zero-order chi connectivity index (χ0) is 9.26. The van der Waals surface area contributed by atoms with Crippen molar-refractivity contribution in [1.29, 1.82) is 0 Å². The lowest BCUT2D eigenvalue weighted by Crippen LogP contribution is -1.95. The second-order valence-electron chi connectivity index (χ2n) is 2.34. The van der Waals surface area contributed by atoms with Crippen molar-refractivity contribution in [3.8, 4) is 10.7 Å². The first kappa shape index (κ1) is 7.93. The standard InChI is InChI=1S/C7H5N3O2S/c11-7(12)5-2-1-4(10-5)6-8-3-9-13-6/h1-3,10H,(H,11,12).